The molecule has 8 nitrogen and oxygen atoms in total. The lowest BCUT2D eigenvalue weighted by Crippen LogP contribution is -2.14. The Morgan fingerprint density at radius 1 is 0.806 bits per heavy atom. The second-order valence-electron chi connectivity index (χ2n) is 7.56. The second-order valence-corrected chi connectivity index (χ2v) is 8.50. The highest BCUT2D eigenvalue weighted by molar-refractivity contribution is 7.99. The van der Waals surface area contributed by atoms with E-state index in [1.165, 1.54) is 11.8 Å². The molecule has 0 aliphatic carbocycles. The maximum absolute atomic E-state index is 12.6. The molecule has 0 atom stereocenters. The molecule has 3 aromatic carbocycles. The van der Waals surface area contributed by atoms with Crippen molar-refractivity contribution in [2.75, 3.05) is 24.3 Å². The van der Waals surface area contributed by atoms with Gasteiger partial charge >= 0.3 is 0 Å². The smallest absolute Gasteiger partial charge is 0.234 e. The zero-order valence-corrected chi connectivity index (χ0v) is 21.0. The van der Waals surface area contributed by atoms with Gasteiger partial charge in [-0.1, -0.05) is 30.0 Å². The van der Waals surface area contributed by atoms with Gasteiger partial charge in [-0.3, -0.25) is 9.36 Å². The number of amides is 1. The predicted molar refractivity (Wildman–Crippen MR) is 140 cm³/mol. The van der Waals surface area contributed by atoms with Crippen molar-refractivity contribution in [2.45, 2.75) is 25.6 Å². The normalized spacial score (nSPS) is 10.6. The molecule has 0 fully saturated rings. The van der Waals surface area contributed by atoms with Crippen LogP contribution in [0.1, 0.15) is 19.7 Å². The molecule has 1 amide bonds. The van der Waals surface area contributed by atoms with E-state index in [-0.39, 0.29) is 18.3 Å². The summed E-state index contributed by atoms with van der Waals surface area (Å²) in [5, 5.41) is 12.2. The molecule has 1 heterocycles. The van der Waals surface area contributed by atoms with Crippen molar-refractivity contribution in [1.82, 2.24) is 14.8 Å². The quantitative estimate of drug-likeness (QED) is 0.259. The Morgan fingerprint density at radius 2 is 1.42 bits per heavy atom. The Hall–Kier alpha value is -3.98. The number of benzene rings is 3. The summed E-state index contributed by atoms with van der Waals surface area (Å²) in [6, 6.07) is 24.5. The van der Waals surface area contributed by atoms with Gasteiger partial charge in [0.15, 0.2) is 11.0 Å². The zero-order chi connectivity index (χ0) is 25.2. The van der Waals surface area contributed by atoms with Gasteiger partial charge in [0.2, 0.25) is 5.91 Å². The predicted octanol–water partition coefficient (Wildman–Crippen LogP) is 5.37. The molecule has 1 N–H and O–H groups in total. The molecule has 0 radical (unpaired) electrons. The number of carbonyl (C=O) groups is 1. The van der Waals surface area contributed by atoms with E-state index in [0.29, 0.717) is 29.9 Å². The molecular weight excluding hydrogens is 476 g/mol. The van der Waals surface area contributed by atoms with Gasteiger partial charge in [-0.2, -0.15) is 0 Å². The molecule has 0 saturated heterocycles. The van der Waals surface area contributed by atoms with Crippen LogP contribution in [0.15, 0.2) is 84.0 Å². The van der Waals surface area contributed by atoms with Crippen LogP contribution >= 0.6 is 11.8 Å². The summed E-state index contributed by atoms with van der Waals surface area (Å²) in [5.74, 6) is 2.92. The van der Waals surface area contributed by atoms with Crippen molar-refractivity contribution >= 4 is 23.4 Å². The van der Waals surface area contributed by atoms with Crippen LogP contribution in [0.5, 0.6) is 17.2 Å². The summed E-state index contributed by atoms with van der Waals surface area (Å²) in [5.41, 5.74) is 1.55. The number of nitrogens with one attached hydrogen (secondary N) is 1. The average molecular weight is 505 g/mol. The Kier molecular flexibility index (Phi) is 8.82. The van der Waals surface area contributed by atoms with E-state index in [4.69, 9.17) is 14.2 Å². The van der Waals surface area contributed by atoms with Gasteiger partial charge in [0.1, 0.15) is 23.9 Å². The number of hydrogen-bond donors (Lipinski definition) is 1. The fourth-order valence-corrected chi connectivity index (χ4v) is 4.17. The lowest BCUT2D eigenvalue weighted by molar-refractivity contribution is -0.113. The van der Waals surface area contributed by atoms with Crippen molar-refractivity contribution < 1.29 is 19.0 Å². The van der Waals surface area contributed by atoms with E-state index in [1.807, 2.05) is 97.3 Å². The van der Waals surface area contributed by atoms with Crippen LogP contribution in [0.25, 0.3) is 5.69 Å². The third-order valence-electron chi connectivity index (χ3n) is 5.00. The lowest BCUT2D eigenvalue weighted by Gasteiger charge is -2.12. The van der Waals surface area contributed by atoms with Crippen LogP contribution in [0.2, 0.25) is 0 Å². The molecule has 186 valence electrons. The van der Waals surface area contributed by atoms with Crippen molar-refractivity contribution in [3.63, 3.8) is 0 Å². The molecule has 4 aromatic rings. The van der Waals surface area contributed by atoms with Crippen LogP contribution in [0, 0.1) is 0 Å². The number of aromatic nitrogens is 3. The molecule has 0 aliphatic heterocycles. The van der Waals surface area contributed by atoms with E-state index in [0.717, 1.165) is 22.9 Å². The Morgan fingerprint density at radius 3 is 2.06 bits per heavy atom. The maximum atomic E-state index is 12.6. The highest BCUT2D eigenvalue weighted by Gasteiger charge is 2.17. The van der Waals surface area contributed by atoms with Gasteiger partial charge in [-0.15, -0.1) is 10.2 Å². The van der Waals surface area contributed by atoms with E-state index in [2.05, 4.69) is 15.5 Å². The minimum Gasteiger partial charge on any atom is -0.494 e. The number of thioether (sulfide) groups is 1. The Bertz CT molecular complexity index is 1250. The maximum Gasteiger partial charge on any atom is 0.234 e. The van der Waals surface area contributed by atoms with E-state index in [9.17, 15) is 4.79 Å². The third-order valence-corrected chi connectivity index (χ3v) is 5.93. The van der Waals surface area contributed by atoms with E-state index < -0.39 is 0 Å². The first-order valence-corrected chi connectivity index (χ1v) is 12.7. The minimum atomic E-state index is -0.146. The molecule has 0 unspecified atom stereocenters. The van der Waals surface area contributed by atoms with Crippen LogP contribution in [0.4, 0.5) is 5.69 Å². The molecule has 0 bridgehead atoms. The van der Waals surface area contributed by atoms with Crippen LogP contribution in [-0.2, 0) is 11.4 Å². The molecule has 36 heavy (non-hydrogen) atoms. The molecule has 0 saturated carbocycles. The van der Waals surface area contributed by atoms with Crippen molar-refractivity contribution in [1.29, 1.82) is 0 Å². The molecule has 0 aliphatic rings. The lowest BCUT2D eigenvalue weighted by atomic mass is 10.3. The van der Waals surface area contributed by atoms with Gasteiger partial charge in [0.05, 0.1) is 19.0 Å². The first-order valence-electron chi connectivity index (χ1n) is 11.7. The minimum absolute atomic E-state index is 0.146. The summed E-state index contributed by atoms with van der Waals surface area (Å²) in [7, 11) is 0. The van der Waals surface area contributed by atoms with Crippen molar-refractivity contribution in [2.24, 2.45) is 0 Å². The number of anilines is 1. The number of hydrogen-bond acceptors (Lipinski definition) is 7. The fourth-order valence-electron chi connectivity index (χ4n) is 3.40. The van der Waals surface area contributed by atoms with Gasteiger partial charge in [0, 0.05) is 11.4 Å². The van der Waals surface area contributed by atoms with Crippen LogP contribution < -0.4 is 19.5 Å². The summed E-state index contributed by atoms with van der Waals surface area (Å²) < 4.78 is 18.8. The van der Waals surface area contributed by atoms with Crippen molar-refractivity contribution in [3.8, 4) is 22.9 Å². The number of carbonyl (C=O) groups excluding carboxylic acids is 1. The number of ether oxygens (including phenoxy) is 3. The van der Waals surface area contributed by atoms with E-state index >= 15 is 0 Å². The van der Waals surface area contributed by atoms with Crippen LogP contribution in [0.3, 0.4) is 0 Å². The largest absolute Gasteiger partial charge is 0.494 e. The summed E-state index contributed by atoms with van der Waals surface area (Å²) >= 11 is 1.30. The zero-order valence-electron chi connectivity index (χ0n) is 20.2. The summed E-state index contributed by atoms with van der Waals surface area (Å²) in [6.45, 7) is 5.28. The van der Waals surface area contributed by atoms with E-state index in [1.54, 1.807) is 0 Å². The Labute approximate surface area is 214 Å². The monoisotopic (exact) mass is 504 g/mol. The number of rotatable bonds is 12. The Balaban J connectivity index is 1.47. The summed E-state index contributed by atoms with van der Waals surface area (Å²) in [4.78, 5) is 12.6. The molecule has 4 rings (SSSR count). The topological polar surface area (TPSA) is 87.5 Å². The van der Waals surface area contributed by atoms with Crippen molar-refractivity contribution in [3.05, 3.63) is 84.7 Å². The molecule has 0 spiro atoms. The third kappa shape index (κ3) is 6.79. The van der Waals surface area contributed by atoms with Gasteiger partial charge in [0.25, 0.3) is 0 Å². The van der Waals surface area contributed by atoms with Gasteiger partial charge in [-0.25, -0.2) is 0 Å². The molecule has 1 aromatic heterocycles. The first-order chi connectivity index (χ1) is 17.7. The molecule has 9 heteroatoms. The highest BCUT2D eigenvalue weighted by Crippen LogP contribution is 2.25. The number of para-hydroxylation sites is 1. The fraction of sp³-hybridized carbons (Fsp3) is 0.222. The van der Waals surface area contributed by atoms with Gasteiger partial charge in [-0.05, 0) is 74.5 Å². The average Bonchev–Trinajstić information content (AvgIpc) is 3.31. The van der Waals surface area contributed by atoms with Crippen LogP contribution in [-0.4, -0.2) is 39.6 Å². The molecular formula is C27H28N4O4S. The number of nitrogens with zero attached hydrogens (tertiary/aromatic N) is 3. The highest BCUT2D eigenvalue weighted by atomic mass is 32.2. The first kappa shape index (κ1) is 25.1. The summed E-state index contributed by atoms with van der Waals surface area (Å²) in [6.07, 6.45) is 0. The second kappa shape index (κ2) is 12.6. The van der Waals surface area contributed by atoms with Gasteiger partial charge < -0.3 is 19.5 Å². The standard InChI is InChI=1S/C27H28N4O4S/c1-3-33-23-14-10-20(11-15-23)28-26(32)19-36-27-30-29-25(18-35-22-8-6-5-7-9-22)31(27)21-12-16-24(17-13-21)34-4-2/h5-17H,3-4,18-19H2,1-2H3,(H,28,32). The SMILES string of the molecule is CCOc1ccc(NC(=O)CSc2nnc(COc3ccccc3)n2-c2ccc(OCC)cc2)cc1.